The average molecular weight is 343 g/mol. The molecule has 0 radical (unpaired) electrons. The monoisotopic (exact) mass is 343 g/mol. The highest BCUT2D eigenvalue weighted by molar-refractivity contribution is 7.17. The van der Waals surface area contributed by atoms with Crippen LogP contribution in [0.3, 0.4) is 0 Å². The highest BCUT2D eigenvalue weighted by atomic mass is 32.1. The predicted octanol–water partition coefficient (Wildman–Crippen LogP) is 4.18. The van der Waals surface area contributed by atoms with Crippen LogP contribution >= 0.6 is 11.3 Å². The van der Waals surface area contributed by atoms with Crippen LogP contribution in [-0.2, 0) is 11.3 Å². The number of methoxy groups -OCH3 is 1. The largest absolute Gasteiger partial charge is 0.496 e. The van der Waals surface area contributed by atoms with Crippen LogP contribution in [-0.4, -0.2) is 18.0 Å². The number of carbonyl (C=O) groups is 1. The van der Waals surface area contributed by atoms with Gasteiger partial charge >= 0.3 is 5.97 Å². The summed E-state index contributed by atoms with van der Waals surface area (Å²) in [6, 6.07) is 11.6. The molecule has 0 aliphatic heterocycles. The normalized spacial score (nSPS) is 10.5. The molecule has 6 nitrogen and oxygen atoms in total. The Balaban J connectivity index is 1.82. The Kier molecular flexibility index (Phi) is 4.43. The van der Waals surface area contributed by atoms with Crippen LogP contribution in [0.4, 0.5) is 5.69 Å². The Morgan fingerprint density at radius 3 is 2.79 bits per heavy atom. The van der Waals surface area contributed by atoms with Crippen molar-refractivity contribution in [2.75, 3.05) is 7.11 Å². The zero-order chi connectivity index (χ0) is 17.1. The fourth-order valence-electron chi connectivity index (χ4n) is 2.33. The van der Waals surface area contributed by atoms with Crippen molar-refractivity contribution in [1.82, 2.24) is 0 Å². The van der Waals surface area contributed by atoms with Crippen LogP contribution in [0, 0.1) is 10.1 Å². The first-order valence-electron chi connectivity index (χ1n) is 7.05. The topological polar surface area (TPSA) is 78.7 Å². The number of hydrogen-bond donors (Lipinski definition) is 0. The van der Waals surface area contributed by atoms with Gasteiger partial charge in [0, 0.05) is 22.4 Å². The van der Waals surface area contributed by atoms with E-state index in [-0.39, 0.29) is 23.6 Å². The molecular weight excluding hydrogens is 330 g/mol. The summed E-state index contributed by atoms with van der Waals surface area (Å²) in [6.07, 6.45) is 0. The molecule has 0 aliphatic rings. The van der Waals surface area contributed by atoms with Gasteiger partial charge in [-0.15, -0.1) is 11.3 Å². The molecule has 0 fully saturated rings. The highest BCUT2D eigenvalue weighted by Crippen LogP contribution is 2.28. The molecule has 2 aromatic carbocycles. The Bertz CT molecular complexity index is 918. The third-order valence-corrected chi connectivity index (χ3v) is 4.55. The lowest BCUT2D eigenvalue weighted by Crippen LogP contribution is -2.07. The van der Waals surface area contributed by atoms with E-state index in [1.807, 2.05) is 29.6 Å². The summed E-state index contributed by atoms with van der Waals surface area (Å²) >= 11 is 1.57. The summed E-state index contributed by atoms with van der Waals surface area (Å²) in [5.41, 5.74) is 0.739. The average Bonchev–Trinajstić information content (AvgIpc) is 3.02. The maximum absolute atomic E-state index is 12.3. The Morgan fingerprint density at radius 1 is 1.25 bits per heavy atom. The van der Waals surface area contributed by atoms with Crippen LogP contribution in [0.25, 0.3) is 10.1 Å². The van der Waals surface area contributed by atoms with Crippen molar-refractivity contribution in [2.24, 2.45) is 0 Å². The second-order valence-electron chi connectivity index (χ2n) is 4.97. The molecule has 3 rings (SSSR count). The van der Waals surface area contributed by atoms with E-state index in [1.54, 1.807) is 11.3 Å². The van der Waals surface area contributed by atoms with E-state index >= 15 is 0 Å². The summed E-state index contributed by atoms with van der Waals surface area (Å²) in [7, 11) is 1.39. The molecule has 0 N–H and O–H groups in total. The van der Waals surface area contributed by atoms with Crippen LogP contribution in [0.2, 0.25) is 0 Å². The lowest BCUT2D eigenvalue weighted by atomic mass is 10.1. The molecule has 0 spiro atoms. The first kappa shape index (κ1) is 15.9. The molecule has 24 heavy (non-hydrogen) atoms. The summed E-state index contributed by atoms with van der Waals surface area (Å²) in [4.78, 5) is 22.6. The zero-order valence-electron chi connectivity index (χ0n) is 12.7. The van der Waals surface area contributed by atoms with E-state index in [1.165, 1.54) is 19.2 Å². The summed E-state index contributed by atoms with van der Waals surface area (Å²) in [5, 5.41) is 13.8. The quantitative estimate of drug-likeness (QED) is 0.394. The SMILES string of the molecule is COc1ccc([N+](=O)[O-])cc1C(=O)OCc1csc2ccccc12. The number of carbonyl (C=O) groups excluding carboxylic acids is 1. The highest BCUT2D eigenvalue weighted by Gasteiger charge is 2.19. The number of esters is 1. The van der Waals surface area contributed by atoms with Gasteiger partial charge in [-0.25, -0.2) is 4.79 Å². The van der Waals surface area contributed by atoms with Crippen LogP contribution < -0.4 is 4.74 Å². The second-order valence-corrected chi connectivity index (χ2v) is 5.89. The van der Waals surface area contributed by atoms with Gasteiger partial charge in [0.25, 0.3) is 5.69 Å². The smallest absolute Gasteiger partial charge is 0.342 e. The summed E-state index contributed by atoms with van der Waals surface area (Å²) < 4.78 is 11.5. The number of rotatable bonds is 5. The van der Waals surface area contributed by atoms with Gasteiger partial charge in [-0.3, -0.25) is 10.1 Å². The van der Waals surface area contributed by atoms with E-state index in [0.29, 0.717) is 0 Å². The number of fused-ring (bicyclic) bond motifs is 1. The molecule has 0 atom stereocenters. The van der Waals surface area contributed by atoms with Gasteiger partial charge in [0.15, 0.2) is 0 Å². The number of nitro benzene ring substituents is 1. The Hall–Kier alpha value is -2.93. The minimum Gasteiger partial charge on any atom is -0.496 e. The number of thiophene rings is 1. The molecule has 0 saturated heterocycles. The minimum absolute atomic E-state index is 0.0336. The fraction of sp³-hybridized carbons (Fsp3) is 0.118. The van der Waals surface area contributed by atoms with Gasteiger partial charge in [-0.05, 0) is 22.9 Å². The number of nitrogens with zero attached hydrogens (tertiary/aromatic N) is 1. The fourth-order valence-corrected chi connectivity index (χ4v) is 3.28. The maximum atomic E-state index is 12.3. The molecule has 122 valence electrons. The second kappa shape index (κ2) is 6.67. The van der Waals surface area contributed by atoms with Crippen molar-refractivity contribution in [3.05, 3.63) is 69.1 Å². The predicted molar refractivity (Wildman–Crippen MR) is 90.6 cm³/mol. The third-order valence-electron chi connectivity index (χ3n) is 3.53. The molecule has 1 aromatic heterocycles. The molecule has 0 saturated carbocycles. The first-order valence-corrected chi connectivity index (χ1v) is 7.93. The molecular formula is C17H13NO5S. The Labute approximate surface area is 141 Å². The maximum Gasteiger partial charge on any atom is 0.342 e. The summed E-state index contributed by atoms with van der Waals surface area (Å²) in [5.74, 6) is -0.424. The van der Waals surface area contributed by atoms with E-state index < -0.39 is 10.9 Å². The third kappa shape index (κ3) is 3.07. The van der Waals surface area contributed by atoms with Crippen LogP contribution in [0.5, 0.6) is 5.75 Å². The van der Waals surface area contributed by atoms with Gasteiger partial charge in [0.2, 0.25) is 0 Å². The molecule has 0 amide bonds. The lowest BCUT2D eigenvalue weighted by molar-refractivity contribution is -0.384. The van der Waals surface area contributed by atoms with Crippen molar-refractivity contribution in [3.8, 4) is 5.75 Å². The van der Waals surface area contributed by atoms with Crippen molar-refractivity contribution in [2.45, 2.75) is 6.61 Å². The van der Waals surface area contributed by atoms with Crippen molar-refractivity contribution in [1.29, 1.82) is 0 Å². The van der Waals surface area contributed by atoms with Gasteiger partial charge < -0.3 is 9.47 Å². The van der Waals surface area contributed by atoms with Crippen LogP contribution in [0.1, 0.15) is 15.9 Å². The number of nitro groups is 1. The first-order chi connectivity index (χ1) is 11.6. The number of non-ortho nitro benzene ring substituents is 1. The van der Waals surface area contributed by atoms with Crippen molar-refractivity contribution < 1.29 is 19.2 Å². The number of hydrogen-bond acceptors (Lipinski definition) is 6. The molecule has 0 aliphatic carbocycles. The molecule has 0 bridgehead atoms. The van der Waals surface area contributed by atoms with E-state index in [0.717, 1.165) is 21.7 Å². The molecule has 3 aromatic rings. The van der Waals surface area contributed by atoms with Gasteiger partial charge in [0.05, 0.1) is 12.0 Å². The van der Waals surface area contributed by atoms with E-state index in [9.17, 15) is 14.9 Å². The van der Waals surface area contributed by atoms with Crippen molar-refractivity contribution in [3.63, 3.8) is 0 Å². The van der Waals surface area contributed by atoms with E-state index in [2.05, 4.69) is 0 Å². The van der Waals surface area contributed by atoms with Gasteiger partial charge in [-0.2, -0.15) is 0 Å². The molecule has 0 unspecified atom stereocenters. The van der Waals surface area contributed by atoms with Crippen molar-refractivity contribution >= 4 is 33.1 Å². The standard InChI is InChI=1S/C17H13NO5S/c1-22-15-7-6-12(18(20)21)8-14(15)17(19)23-9-11-10-24-16-5-3-2-4-13(11)16/h2-8,10H,9H2,1H3. The number of ether oxygens (including phenoxy) is 2. The Morgan fingerprint density at radius 2 is 2.04 bits per heavy atom. The van der Waals surface area contributed by atoms with E-state index in [4.69, 9.17) is 9.47 Å². The lowest BCUT2D eigenvalue weighted by Gasteiger charge is -2.08. The van der Waals surface area contributed by atoms with Crippen LogP contribution in [0.15, 0.2) is 47.8 Å². The molecule has 7 heteroatoms. The molecule has 1 heterocycles. The zero-order valence-corrected chi connectivity index (χ0v) is 13.5. The van der Waals surface area contributed by atoms with Gasteiger partial charge in [0.1, 0.15) is 17.9 Å². The number of benzene rings is 2. The minimum atomic E-state index is -0.661. The summed E-state index contributed by atoms with van der Waals surface area (Å²) in [6.45, 7) is 0.0920. The van der Waals surface area contributed by atoms with Gasteiger partial charge in [-0.1, -0.05) is 18.2 Å².